The number of likely N-dealkylation sites (N-methyl/N-ethyl adjacent to an activating group) is 1. The fourth-order valence-electron chi connectivity index (χ4n) is 1.96. The molecule has 0 aromatic rings. The minimum absolute atomic E-state index is 0.123. The molecule has 92 valence electrons. The summed E-state index contributed by atoms with van der Waals surface area (Å²) in [4.78, 5) is 16.0. The van der Waals surface area contributed by atoms with Crippen molar-refractivity contribution in [3.8, 4) is 0 Å². The molecule has 2 saturated heterocycles. The highest BCUT2D eigenvalue weighted by molar-refractivity contribution is 5.77. The zero-order valence-electron chi connectivity index (χ0n) is 10.2. The Bertz CT molecular complexity index is 258. The molecule has 0 spiro atoms. The van der Waals surface area contributed by atoms with E-state index in [1.807, 2.05) is 11.8 Å². The molecule has 0 bridgehead atoms. The van der Waals surface area contributed by atoms with E-state index in [-0.39, 0.29) is 18.1 Å². The summed E-state index contributed by atoms with van der Waals surface area (Å²) >= 11 is 0. The van der Waals surface area contributed by atoms with Crippen molar-refractivity contribution in [2.24, 2.45) is 0 Å². The maximum Gasteiger partial charge on any atom is 0.248 e. The monoisotopic (exact) mass is 227 g/mol. The highest BCUT2D eigenvalue weighted by Crippen LogP contribution is 2.15. The summed E-state index contributed by atoms with van der Waals surface area (Å²) in [6.07, 6.45) is 0. The van der Waals surface area contributed by atoms with Crippen LogP contribution < -0.4 is 5.32 Å². The maximum atomic E-state index is 11.9. The zero-order chi connectivity index (χ0) is 11.6. The van der Waals surface area contributed by atoms with Gasteiger partial charge in [-0.3, -0.25) is 4.79 Å². The number of nitrogens with zero attached hydrogens (tertiary/aromatic N) is 2. The van der Waals surface area contributed by atoms with Gasteiger partial charge in [0.2, 0.25) is 5.91 Å². The van der Waals surface area contributed by atoms with Gasteiger partial charge in [0.15, 0.2) is 0 Å². The van der Waals surface area contributed by atoms with Crippen LogP contribution >= 0.6 is 0 Å². The van der Waals surface area contributed by atoms with E-state index in [0.717, 1.165) is 39.3 Å². The van der Waals surface area contributed by atoms with Crippen molar-refractivity contribution in [2.75, 3.05) is 52.9 Å². The molecule has 2 aliphatic heterocycles. The summed E-state index contributed by atoms with van der Waals surface area (Å²) in [7, 11) is 2.08. The first-order valence-corrected chi connectivity index (χ1v) is 5.90. The van der Waals surface area contributed by atoms with Gasteiger partial charge < -0.3 is 19.9 Å². The number of carbonyl (C=O) groups excluding carboxylic acids is 1. The van der Waals surface area contributed by atoms with Crippen molar-refractivity contribution in [3.05, 3.63) is 0 Å². The Morgan fingerprint density at radius 1 is 1.31 bits per heavy atom. The molecule has 2 fully saturated rings. The fraction of sp³-hybridized carbons (Fsp3) is 0.909. The Hall–Kier alpha value is -0.650. The van der Waals surface area contributed by atoms with Crippen LogP contribution in [-0.2, 0) is 9.53 Å². The van der Waals surface area contributed by atoms with E-state index in [4.69, 9.17) is 4.74 Å². The average molecular weight is 227 g/mol. The van der Waals surface area contributed by atoms with E-state index >= 15 is 0 Å². The molecule has 2 rings (SSSR count). The van der Waals surface area contributed by atoms with E-state index in [9.17, 15) is 4.79 Å². The highest BCUT2D eigenvalue weighted by atomic mass is 16.5. The third-order valence-corrected chi connectivity index (χ3v) is 3.40. The van der Waals surface area contributed by atoms with Crippen LogP contribution in [0.25, 0.3) is 0 Å². The number of nitrogens with one attached hydrogen (secondary N) is 1. The van der Waals surface area contributed by atoms with Crippen LogP contribution in [0.5, 0.6) is 0 Å². The summed E-state index contributed by atoms with van der Waals surface area (Å²) in [5.74, 6) is 0.126. The number of hydrogen-bond acceptors (Lipinski definition) is 4. The molecule has 2 heterocycles. The van der Waals surface area contributed by atoms with E-state index < -0.39 is 0 Å². The quantitative estimate of drug-likeness (QED) is 0.681. The van der Waals surface area contributed by atoms with Crippen molar-refractivity contribution in [2.45, 2.75) is 12.5 Å². The smallest absolute Gasteiger partial charge is 0.248 e. The zero-order valence-corrected chi connectivity index (χ0v) is 10.2. The number of carbonyl (C=O) groups is 1. The average Bonchev–Trinajstić information content (AvgIpc) is 2.24. The Kier molecular flexibility index (Phi) is 3.47. The van der Waals surface area contributed by atoms with Crippen molar-refractivity contribution in [1.82, 2.24) is 15.1 Å². The second-order valence-corrected chi connectivity index (χ2v) is 5.03. The number of ether oxygens (including phenoxy) is 1. The number of amides is 1. The van der Waals surface area contributed by atoms with Gasteiger partial charge in [-0.05, 0) is 14.0 Å². The van der Waals surface area contributed by atoms with Crippen molar-refractivity contribution >= 4 is 5.91 Å². The SMILES string of the molecule is CN1CCN(C(=O)COC2(C)CNC2)CC1. The van der Waals surface area contributed by atoms with Crippen LogP contribution in [-0.4, -0.2) is 74.2 Å². The third kappa shape index (κ3) is 2.72. The van der Waals surface area contributed by atoms with Crippen LogP contribution in [0.2, 0.25) is 0 Å². The molecular formula is C11H21N3O2. The molecule has 0 aliphatic carbocycles. The Balaban J connectivity index is 1.71. The standard InChI is InChI=1S/C11H21N3O2/c1-11(8-12-9-11)16-7-10(15)14-5-3-13(2)4-6-14/h12H,3-9H2,1-2H3. The molecular weight excluding hydrogens is 206 g/mol. The summed E-state index contributed by atoms with van der Waals surface area (Å²) in [5, 5.41) is 3.15. The number of hydrogen-bond donors (Lipinski definition) is 1. The Labute approximate surface area is 96.7 Å². The Morgan fingerprint density at radius 2 is 1.94 bits per heavy atom. The predicted molar refractivity (Wildman–Crippen MR) is 61.3 cm³/mol. The lowest BCUT2D eigenvalue weighted by atomic mass is 10.0. The van der Waals surface area contributed by atoms with E-state index in [1.54, 1.807) is 0 Å². The largest absolute Gasteiger partial charge is 0.363 e. The van der Waals surface area contributed by atoms with Crippen molar-refractivity contribution in [1.29, 1.82) is 0 Å². The van der Waals surface area contributed by atoms with Gasteiger partial charge in [0.05, 0.1) is 5.60 Å². The van der Waals surface area contributed by atoms with Gasteiger partial charge in [0.1, 0.15) is 6.61 Å². The molecule has 5 nitrogen and oxygen atoms in total. The predicted octanol–water partition coefficient (Wildman–Crippen LogP) is -0.861. The van der Waals surface area contributed by atoms with Gasteiger partial charge in [-0.25, -0.2) is 0 Å². The number of rotatable bonds is 3. The molecule has 0 radical (unpaired) electrons. The maximum absolute atomic E-state index is 11.9. The lowest BCUT2D eigenvalue weighted by Crippen LogP contribution is -2.60. The van der Waals surface area contributed by atoms with E-state index in [2.05, 4.69) is 17.3 Å². The van der Waals surface area contributed by atoms with Gasteiger partial charge in [0.25, 0.3) is 0 Å². The van der Waals surface area contributed by atoms with Crippen LogP contribution in [0.4, 0.5) is 0 Å². The minimum atomic E-state index is -0.123. The van der Waals surface area contributed by atoms with E-state index in [1.165, 1.54) is 0 Å². The molecule has 0 aromatic heterocycles. The van der Waals surface area contributed by atoms with Gasteiger partial charge >= 0.3 is 0 Å². The second kappa shape index (κ2) is 4.69. The first-order chi connectivity index (χ1) is 7.59. The molecule has 1 N–H and O–H groups in total. The van der Waals surface area contributed by atoms with Crippen molar-refractivity contribution in [3.63, 3.8) is 0 Å². The normalized spacial score (nSPS) is 25.2. The van der Waals surface area contributed by atoms with Crippen LogP contribution in [0, 0.1) is 0 Å². The molecule has 0 aromatic carbocycles. The lowest BCUT2D eigenvalue weighted by molar-refractivity contribution is -0.147. The van der Waals surface area contributed by atoms with Crippen molar-refractivity contribution < 1.29 is 9.53 Å². The lowest BCUT2D eigenvalue weighted by Gasteiger charge is -2.39. The summed E-state index contributed by atoms with van der Waals surface area (Å²) in [6, 6.07) is 0. The molecule has 0 unspecified atom stereocenters. The van der Waals surface area contributed by atoms with Gasteiger partial charge in [-0.1, -0.05) is 0 Å². The van der Waals surface area contributed by atoms with E-state index in [0.29, 0.717) is 0 Å². The van der Waals surface area contributed by atoms with Gasteiger partial charge in [-0.2, -0.15) is 0 Å². The minimum Gasteiger partial charge on any atom is -0.363 e. The molecule has 0 saturated carbocycles. The fourth-order valence-corrected chi connectivity index (χ4v) is 1.96. The van der Waals surface area contributed by atoms with Gasteiger partial charge in [0, 0.05) is 39.3 Å². The molecule has 2 aliphatic rings. The summed E-state index contributed by atoms with van der Waals surface area (Å²) in [6.45, 7) is 7.55. The van der Waals surface area contributed by atoms with Crippen LogP contribution in [0.1, 0.15) is 6.92 Å². The van der Waals surface area contributed by atoms with Crippen LogP contribution in [0.15, 0.2) is 0 Å². The van der Waals surface area contributed by atoms with Crippen LogP contribution in [0.3, 0.4) is 0 Å². The molecule has 5 heteroatoms. The molecule has 16 heavy (non-hydrogen) atoms. The topological polar surface area (TPSA) is 44.8 Å². The summed E-state index contributed by atoms with van der Waals surface area (Å²) < 4.78 is 5.64. The first-order valence-electron chi connectivity index (χ1n) is 5.90. The molecule has 0 atom stereocenters. The molecule has 1 amide bonds. The number of piperazine rings is 1. The van der Waals surface area contributed by atoms with Gasteiger partial charge in [-0.15, -0.1) is 0 Å². The highest BCUT2D eigenvalue weighted by Gasteiger charge is 2.33. The second-order valence-electron chi connectivity index (χ2n) is 5.03. The first kappa shape index (κ1) is 11.8. The third-order valence-electron chi connectivity index (χ3n) is 3.40. The Morgan fingerprint density at radius 3 is 2.44 bits per heavy atom. The summed E-state index contributed by atoms with van der Waals surface area (Å²) in [5.41, 5.74) is -0.123.